The minimum atomic E-state index is -3.80. The van der Waals surface area contributed by atoms with E-state index in [1.54, 1.807) is 6.07 Å². The fourth-order valence-electron chi connectivity index (χ4n) is 2.10. The molecule has 0 saturated carbocycles. The molecular formula is C16H12N4O3S. The van der Waals surface area contributed by atoms with Crippen molar-refractivity contribution in [1.82, 2.24) is 9.78 Å². The van der Waals surface area contributed by atoms with Crippen LogP contribution in [0.2, 0.25) is 0 Å². The van der Waals surface area contributed by atoms with Crippen LogP contribution in [0, 0.1) is 0 Å². The first-order valence-corrected chi connectivity index (χ1v) is 8.39. The molecule has 0 atom stereocenters. The third-order valence-corrected chi connectivity index (χ3v) is 4.57. The maximum absolute atomic E-state index is 12.5. The van der Waals surface area contributed by atoms with E-state index in [0.29, 0.717) is 11.5 Å². The second kappa shape index (κ2) is 6.49. The van der Waals surface area contributed by atoms with Gasteiger partial charge in [-0.25, -0.2) is 17.9 Å². The Kier molecular flexibility index (Phi) is 4.24. The summed E-state index contributed by atoms with van der Waals surface area (Å²) >= 11 is 0. The van der Waals surface area contributed by atoms with E-state index >= 15 is 0 Å². The maximum atomic E-state index is 12.5. The van der Waals surface area contributed by atoms with Crippen LogP contribution in [0.3, 0.4) is 0 Å². The van der Waals surface area contributed by atoms with Gasteiger partial charge in [0.1, 0.15) is 5.82 Å². The molecule has 0 aliphatic heterocycles. The lowest BCUT2D eigenvalue weighted by Gasteiger charge is -2.10. The molecule has 0 aliphatic rings. The van der Waals surface area contributed by atoms with Gasteiger partial charge in [0.2, 0.25) is 6.08 Å². The van der Waals surface area contributed by atoms with Crippen LogP contribution in [-0.4, -0.2) is 24.3 Å². The van der Waals surface area contributed by atoms with E-state index in [9.17, 15) is 13.2 Å². The minimum absolute atomic E-state index is 0.0492. The van der Waals surface area contributed by atoms with Crippen molar-refractivity contribution >= 4 is 27.6 Å². The monoisotopic (exact) mass is 340 g/mol. The molecule has 0 bridgehead atoms. The number of aliphatic imine (C=N–C) groups is 1. The zero-order valence-corrected chi connectivity index (χ0v) is 13.1. The number of rotatable bonds is 5. The molecule has 1 heterocycles. The molecule has 0 amide bonds. The van der Waals surface area contributed by atoms with Crippen molar-refractivity contribution < 1.29 is 13.2 Å². The Hall–Kier alpha value is -3.22. The first-order valence-electron chi connectivity index (χ1n) is 6.90. The Labute approximate surface area is 138 Å². The molecule has 0 aliphatic carbocycles. The normalized spacial score (nSPS) is 10.8. The van der Waals surface area contributed by atoms with Gasteiger partial charge in [0.15, 0.2) is 0 Å². The predicted molar refractivity (Wildman–Crippen MR) is 88.6 cm³/mol. The number of anilines is 1. The number of nitrogens with zero attached hydrogens (tertiary/aromatic N) is 3. The second-order valence-corrected chi connectivity index (χ2v) is 6.45. The third-order valence-electron chi connectivity index (χ3n) is 3.20. The third kappa shape index (κ3) is 3.24. The van der Waals surface area contributed by atoms with Gasteiger partial charge in [-0.05, 0) is 36.4 Å². The molecular weight excluding hydrogens is 328 g/mol. The Balaban J connectivity index is 1.91. The fraction of sp³-hybridized carbons (Fsp3) is 0. The lowest BCUT2D eigenvalue weighted by molar-refractivity contribution is 0.565. The molecule has 7 nitrogen and oxygen atoms in total. The van der Waals surface area contributed by atoms with Gasteiger partial charge in [-0.15, -0.1) is 0 Å². The van der Waals surface area contributed by atoms with Gasteiger partial charge >= 0.3 is 0 Å². The molecule has 0 spiro atoms. The molecule has 120 valence electrons. The molecule has 0 radical (unpaired) electrons. The summed E-state index contributed by atoms with van der Waals surface area (Å²) in [6.45, 7) is 0. The fourth-order valence-corrected chi connectivity index (χ4v) is 3.15. The van der Waals surface area contributed by atoms with E-state index in [1.165, 1.54) is 41.2 Å². The zero-order valence-electron chi connectivity index (χ0n) is 12.3. The molecule has 0 unspecified atom stereocenters. The molecule has 0 saturated heterocycles. The number of nitrogens with one attached hydrogen (secondary N) is 1. The van der Waals surface area contributed by atoms with Crippen LogP contribution in [0.4, 0.5) is 11.5 Å². The van der Waals surface area contributed by atoms with Crippen LogP contribution in [0.1, 0.15) is 0 Å². The first kappa shape index (κ1) is 15.7. The molecule has 0 fully saturated rings. The summed E-state index contributed by atoms with van der Waals surface area (Å²) in [7, 11) is -3.80. The average molecular weight is 340 g/mol. The van der Waals surface area contributed by atoms with E-state index < -0.39 is 10.0 Å². The van der Waals surface area contributed by atoms with E-state index in [2.05, 4.69) is 14.8 Å². The van der Waals surface area contributed by atoms with Crippen LogP contribution in [0.25, 0.3) is 5.69 Å². The van der Waals surface area contributed by atoms with Crippen molar-refractivity contribution in [3.8, 4) is 5.69 Å². The first-order chi connectivity index (χ1) is 11.6. The maximum Gasteiger partial charge on any atom is 0.263 e. The van der Waals surface area contributed by atoms with Gasteiger partial charge < -0.3 is 0 Å². The summed E-state index contributed by atoms with van der Waals surface area (Å²) in [6.07, 6.45) is 2.91. The largest absolute Gasteiger partial charge is 0.263 e. The highest BCUT2D eigenvalue weighted by Crippen LogP contribution is 2.21. The Morgan fingerprint density at radius 1 is 1.00 bits per heavy atom. The lowest BCUT2D eigenvalue weighted by atomic mass is 10.3. The number of benzene rings is 2. The van der Waals surface area contributed by atoms with Crippen LogP contribution < -0.4 is 4.72 Å². The molecule has 3 rings (SSSR count). The van der Waals surface area contributed by atoms with Crippen LogP contribution in [-0.2, 0) is 14.8 Å². The standard InChI is InChI=1S/C16H12N4O3S/c21-12-17-13-6-8-15(9-7-13)24(22,23)19-16-10-11-18-20(16)14-4-2-1-3-5-14/h1-11,19H. The number of para-hydroxylation sites is 1. The van der Waals surface area contributed by atoms with E-state index in [-0.39, 0.29) is 4.90 Å². The predicted octanol–water partition coefficient (Wildman–Crippen LogP) is 2.64. The lowest BCUT2D eigenvalue weighted by Crippen LogP contribution is -2.15. The summed E-state index contributed by atoms with van der Waals surface area (Å²) in [4.78, 5) is 13.7. The molecule has 2 aromatic carbocycles. The van der Waals surface area contributed by atoms with Crippen LogP contribution in [0.15, 0.2) is 76.7 Å². The van der Waals surface area contributed by atoms with Crippen molar-refractivity contribution in [3.05, 3.63) is 66.9 Å². The van der Waals surface area contributed by atoms with Crippen molar-refractivity contribution in [2.45, 2.75) is 4.90 Å². The Bertz CT molecular complexity index is 989. The van der Waals surface area contributed by atoms with Crippen molar-refractivity contribution in [3.63, 3.8) is 0 Å². The molecule has 1 aromatic heterocycles. The second-order valence-electron chi connectivity index (χ2n) is 4.77. The van der Waals surface area contributed by atoms with Crippen molar-refractivity contribution in [2.75, 3.05) is 4.72 Å². The van der Waals surface area contributed by atoms with Crippen molar-refractivity contribution in [1.29, 1.82) is 0 Å². The average Bonchev–Trinajstić information content (AvgIpc) is 3.04. The van der Waals surface area contributed by atoms with Gasteiger partial charge in [-0.1, -0.05) is 18.2 Å². The number of aromatic nitrogens is 2. The molecule has 24 heavy (non-hydrogen) atoms. The SMILES string of the molecule is O=C=Nc1ccc(S(=O)(=O)Nc2ccnn2-c2ccccc2)cc1. The Morgan fingerprint density at radius 3 is 2.38 bits per heavy atom. The van der Waals surface area contributed by atoms with Crippen molar-refractivity contribution in [2.24, 2.45) is 4.99 Å². The van der Waals surface area contributed by atoms with Crippen LogP contribution in [0.5, 0.6) is 0 Å². The number of sulfonamides is 1. The summed E-state index contributed by atoms with van der Waals surface area (Å²) in [5.41, 5.74) is 1.06. The van der Waals surface area contributed by atoms with E-state index in [1.807, 2.05) is 30.3 Å². The van der Waals surface area contributed by atoms with Gasteiger partial charge in [0, 0.05) is 6.07 Å². The molecule has 1 N–H and O–H groups in total. The minimum Gasteiger partial charge on any atom is -0.263 e. The van der Waals surface area contributed by atoms with E-state index in [0.717, 1.165) is 5.69 Å². The highest BCUT2D eigenvalue weighted by atomic mass is 32.2. The highest BCUT2D eigenvalue weighted by Gasteiger charge is 2.17. The summed E-state index contributed by atoms with van der Waals surface area (Å²) in [6, 6.07) is 16.3. The summed E-state index contributed by atoms with van der Waals surface area (Å²) < 4.78 is 29.0. The topological polar surface area (TPSA) is 93.4 Å². The quantitative estimate of drug-likeness (QED) is 0.571. The van der Waals surface area contributed by atoms with Gasteiger partial charge in [-0.3, -0.25) is 4.72 Å². The molecule has 3 aromatic rings. The van der Waals surface area contributed by atoms with Gasteiger partial charge in [0.25, 0.3) is 10.0 Å². The number of hydrogen-bond acceptors (Lipinski definition) is 5. The smallest absolute Gasteiger partial charge is 0.263 e. The Morgan fingerprint density at radius 2 is 1.71 bits per heavy atom. The van der Waals surface area contributed by atoms with Gasteiger partial charge in [-0.2, -0.15) is 10.1 Å². The summed E-state index contributed by atoms with van der Waals surface area (Å²) in [5, 5.41) is 4.13. The van der Waals surface area contributed by atoms with Crippen LogP contribution >= 0.6 is 0 Å². The highest BCUT2D eigenvalue weighted by molar-refractivity contribution is 7.92. The zero-order chi connectivity index (χ0) is 17.0. The summed E-state index contributed by atoms with van der Waals surface area (Å²) in [5.74, 6) is 0.316. The van der Waals surface area contributed by atoms with Gasteiger partial charge in [0.05, 0.1) is 22.5 Å². The molecule has 8 heteroatoms. The van der Waals surface area contributed by atoms with E-state index in [4.69, 9.17) is 0 Å². The number of carbonyl (C=O) groups excluding carboxylic acids is 1. The number of isocyanates is 1. The number of hydrogen-bond donors (Lipinski definition) is 1.